The number of alkyl halides is 3. The fourth-order valence-corrected chi connectivity index (χ4v) is 1.96. The van der Waals surface area contributed by atoms with Gasteiger partial charge in [-0.15, -0.1) is 0 Å². The highest BCUT2D eigenvalue weighted by molar-refractivity contribution is 5.77. The smallest absolute Gasteiger partial charge is 0.326 e. The number of imidazole rings is 1. The molecule has 0 radical (unpaired) electrons. The molecule has 104 valence electrons. The fourth-order valence-electron chi connectivity index (χ4n) is 1.96. The zero-order valence-corrected chi connectivity index (χ0v) is 10.4. The maximum absolute atomic E-state index is 13.6. The first-order valence-corrected chi connectivity index (χ1v) is 5.71. The summed E-state index contributed by atoms with van der Waals surface area (Å²) in [6.07, 6.45) is -4.67. The SMILES string of the molecule is CCn1c(C(C)(N)C(F)(F)F)nc2c(F)cccc21. The highest BCUT2D eigenvalue weighted by Gasteiger charge is 2.52. The van der Waals surface area contributed by atoms with Gasteiger partial charge in [-0.3, -0.25) is 0 Å². The molecule has 2 aromatic rings. The lowest BCUT2D eigenvalue weighted by Crippen LogP contribution is -2.49. The Bertz CT molecular complexity index is 613. The third-order valence-corrected chi connectivity index (χ3v) is 3.10. The van der Waals surface area contributed by atoms with Crippen molar-refractivity contribution in [1.82, 2.24) is 9.55 Å². The number of aryl methyl sites for hydroxylation is 1. The number of halogens is 4. The van der Waals surface area contributed by atoms with Crippen molar-refractivity contribution in [3.63, 3.8) is 0 Å². The molecular formula is C12H13F4N3. The first kappa shape index (κ1) is 13.8. The zero-order chi connectivity index (χ0) is 14.4. The van der Waals surface area contributed by atoms with Crippen LogP contribution in [0, 0.1) is 5.82 Å². The van der Waals surface area contributed by atoms with E-state index in [-0.39, 0.29) is 17.9 Å². The molecule has 0 bridgehead atoms. The Kier molecular flexibility index (Phi) is 3.04. The molecule has 1 aromatic carbocycles. The lowest BCUT2D eigenvalue weighted by atomic mass is 10.0. The maximum atomic E-state index is 13.6. The second-order valence-corrected chi connectivity index (χ2v) is 4.49. The highest BCUT2D eigenvalue weighted by Crippen LogP contribution is 2.37. The lowest BCUT2D eigenvalue weighted by Gasteiger charge is -2.27. The molecule has 0 spiro atoms. The maximum Gasteiger partial charge on any atom is 0.413 e. The summed E-state index contributed by atoms with van der Waals surface area (Å²) >= 11 is 0. The van der Waals surface area contributed by atoms with Crippen LogP contribution in [0.5, 0.6) is 0 Å². The van der Waals surface area contributed by atoms with Crippen LogP contribution in [0.25, 0.3) is 11.0 Å². The van der Waals surface area contributed by atoms with Gasteiger partial charge in [-0.05, 0) is 26.0 Å². The number of rotatable bonds is 2. The fraction of sp³-hybridized carbons (Fsp3) is 0.417. The standard InChI is InChI=1S/C12H13F4N3/c1-3-19-8-6-4-5-7(13)9(8)18-10(19)11(2,17)12(14,15)16/h4-6H,3,17H2,1-2H3. The van der Waals surface area contributed by atoms with Crippen LogP contribution in [-0.2, 0) is 12.1 Å². The van der Waals surface area contributed by atoms with Gasteiger partial charge < -0.3 is 10.3 Å². The van der Waals surface area contributed by atoms with Crippen LogP contribution in [0.15, 0.2) is 18.2 Å². The molecule has 3 nitrogen and oxygen atoms in total. The van der Waals surface area contributed by atoms with Gasteiger partial charge in [0.15, 0.2) is 11.4 Å². The summed E-state index contributed by atoms with van der Waals surface area (Å²) in [5.74, 6) is -1.05. The number of para-hydroxylation sites is 1. The molecule has 0 aliphatic rings. The largest absolute Gasteiger partial charge is 0.413 e. The average Bonchev–Trinajstić information content (AvgIpc) is 2.68. The highest BCUT2D eigenvalue weighted by atomic mass is 19.4. The van der Waals surface area contributed by atoms with Crippen molar-refractivity contribution in [2.45, 2.75) is 32.1 Å². The van der Waals surface area contributed by atoms with Crippen LogP contribution in [0.4, 0.5) is 17.6 Å². The summed E-state index contributed by atoms with van der Waals surface area (Å²) in [5, 5.41) is 0. The number of nitrogens with zero attached hydrogens (tertiary/aromatic N) is 2. The third kappa shape index (κ3) is 1.98. The first-order chi connectivity index (χ1) is 8.70. The van der Waals surface area contributed by atoms with Gasteiger partial charge >= 0.3 is 6.18 Å². The minimum atomic E-state index is -4.67. The van der Waals surface area contributed by atoms with E-state index < -0.39 is 17.5 Å². The van der Waals surface area contributed by atoms with Crippen molar-refractivity contribution in [3.8, 4) is 0 Å². The molecule has 2 rings (SSSR count). The first-order valence-electron chi connectivity index (χ1n) is 5.71. The lowest BCUT2D eigenvalue weighted by molar-refractivity contribution is -0.186. The van der Waals surface area contributed by atoms with Crippen molar-refractivity contribution in [1.29, 1.82) is 0 Å². The molecule has 1 heterocycles. The Labute approximate surface area is 107 Å². The van der Waals surface area contributed by atoms with Crippen LogP contribution >= 0.6 is 0 Å². The van der Waals surface area contributed by atoms with Crippen molar-refractivity contribution < 1.29 is 17.6 Å². The Morgan fingerprint density at radius 3 is 2.47 bits per heavy atom. The summed E-state index contributed by atoms with van der Waals surface area (Å²) in [6.45, 7) is 2.71. The van der Waals surface area contributed by atoms with Gasteiger partial charge in [0.1, 0.15) is 11.3 Å². The Morgan fingerprint density at radius 1 is 1.32 bits per heavy atom. The van der Waals surface area contributed by atoms with Gasteiger partial charge in [0.05, 0.1) is 5.52 Å². The molecule has 0 amide bonds. The van der Waals surface area contributed by atoms with Gasteiger partial charge in [-0.25, -0.2) is 9.37 Å². The minimum absolute atomic E-state index is 0.0970. The Balaban J connectivity index is 2.78. The predicted octanol–water partition coefficient (Wildman–Crippen LogP) is 2.93. The summed E-state index contributed by atoms with van der Waals surface area (Å²) in [5.41, 5.74) is 2.95. The number of hydrogen-bond acceptors (Lipinski definition) is 2. The average molecular weight is 275 g/mol. The summed E-state index contributed by atoms with van der Waals surface area (Å²) in [4.78, 5) is 3.76. The normalized spacial score (nSPS) is 15.7. The van der Waals surface area contributed by atoms with Gasteiger partial charge in [0.2, 0.25) is 0 Å². The van der Waals surface area contributed by atoms with E-state index in [4.69, 9.17) is 5.73 Å². The molecule has 19 heavy (non-hydrogen) atoms. The molecule has 0 aliphatic carbocycles. The number of fused-ring (bicyclic) bond motifs is 1. The summed E-state index contributed by atoms with van der Waals surface area (Å²) in [6, 6.07) is 4.10. The second kappa shape index (κ2) is 4.19. The van der Waals surface area contributed by atoms with Crippen molar-refractivity contribution in [2.24, 2.45) is 5.73 Å². The van der Waals surface area contributed by atoms with Gasteiger partial charge in [-0.2, -0.15) is 13.2 Å². The zero-order valence-electron chi connectivity index (χ0n) is 10.4. The Morgan fingerprint density at radius 2 is 1.95 bits per heavy atom. The topological polar surface area (TPSA) is 43.8 Å². The quantitative estimate of drug-likeness (QED) is 0.856. The Hall–Kier alpha value is -1.63. The number of hydrogen-bond donors (Lipinski definition) is 1. The third-order valence-electron chi connectivity index (χ3n) is 3.10. The number of aromatic nitrogens is 2. The van der Waals surface area contributed by atoms with E-state index >= 15 is 0 Å². The molecule has 2 N–H and O–H groups in total. The molecule has 7 heteroatoms. The van der Waals surface area contributed by atoms with E-state index in [9.17, 15) is 17.6 Å². The monoisotopic (exact) mass is 275 g/mol. The van der Waals surface area contributed by atoms with Crippen LogP contribution in [0.2, 0.25) is 0 Å². The molecule has 0 aliphatic heterocycles. The summed E-state index contributed by atoms with van der Waals surface area (Å²) < 4.78 is 53.9. The second-order valence-electron chi connectivity index (χ2n) is 4.49. The van der Waals surface area contributed by atoms with E-state index in [0.717, 1.165) is 13.0 Å². The summed E-state index contributed by atoms with van der Waals surface area (Å²) in [7, 11) is 0. The van der Waals surface area contributed by atoms with Gasteiger partial charge in [0, 0.05) is 6.54 Å². The molecule has 1 aromatic heterocycles. The van der Waals surface area contributed by atoms with Crippen LogP contribution in [0.3, 0.4) is 0 Å². The number of benzene rings is 1. The molecule has 1 atom stereocenters. The van der Waals surface area contributed by atoms with E-state index in [1.807, 2.05) is 0 Å². The van der Waals surface area contributed by atoms with E-state index in [1.54, 1.807) is 6.92 Å². The van der Waals surface area contributed by atoms with Crippen LogP contribution < -0.4 is 5.73 Å². The van der Waals surface area contributed by atoms with Crippen LogP contribution in [0.1, 0.15) is 19.7 Å². The van der Waals surface area contributed by atoms with Crippen molar-refractivity contribution in [2.75, 3.05) is 0 Å². The molecule has 0 fully saturated rings. The molecule has 0 saturated heterocycles. The van der Waals surface area contributed by atoms with Crippen molar-refractivity contribution >= 4 is 11.0 Å². The molecular weight excluding hydrogens is 262 g/mol. The molecule has 0 saturated carbocycles. The minimum Gasteiger partial charge on any atom is -0.326 e. The van der Waals surface area contributed by atoms with Crippen molar-refractivity contribution in [3.05, 3.63) is 29.8 Å². The van der Waals surface area contributed by atoms with E-state index in [0.29, 0.717) is 5.52 Å². The molecule has 1 unspecified atom stereocenters. The van der Waals surface area contributed by atoms with Crippen LogP contribution in [-0.4, -0.2) is 15.7 Å². The van der Waals surface area contributed by atoms with Gasteiger partial charge in [0.25, 0.3) is 0 Å². The predicted molar refractivity (Wildman–Crippen MR) is 63.0 cm³/mol. The number of nitrogens with two attached hydrogens (primary N) is 1. The van der Waals surface area contributed by atoms with Gasteiger partial charge in [-0.1, -0.05) is 6.07 Å². The van der Waals surface area contributed by atoms with E-state index in [1.165, 1.54) is 16.7 Å². The van der Waals surface area contributed by atoms with E-state index in [2.05, 4.69) is 4.98 Å².